The highest BCUT2D eigenvalue weighted by Gasteiger charge is 2.19. The zero-order valence-corrected chi connectivity index (χ0v) is 21.9. The molecule has 0 aliphatic carbocycles. The van der Waals surface area contributed by atoms with Crippen molar-refractivity contribution < 1.29 is 23.4 Å². The lowest BCUT2D eigenvalue weighted by molar-refractivity contribution is 0.0254. The predicted octanol–water partition coefficient (Wildman–Crippen LogP) is 4.99. The first kappa shape index (κ1) is 26.8. The molecule has 0 spiro atoms. The summed E-state index contributed by atoms with van der Waals surface area (Å²) >= 11 is 0. The zero-order valence-electron chi connectivity index (χ0n) is 21.9. The SMILES string of the molecule is CN(C)C.COc1cc(-c2cc3nccc(-c4ccc(OC5CCOCC5)c(C#N)c4)c3o2)ncc1C=O. The van der Waals surface area contributed by atoms with Crippen LogP contribution in [0.5, 0.6) is 11.5 Å². The molecule has 1 aliphatic heterocycles. The molecule has 1 aliphatic rings. The molecular weight excluding hydrogens is 484 g/mol. The summed E-state index contributed by atoms with van der Waals surface area (Å²) in [5.41, 5.74) is 4.15. The molecule has 9 heteroatoms. The average Bonchev–Trinajstić information content (AvgIpc) is 3.38. The van der Waals surface area contributed by atoms with Gasteiger partial charge in [-0.2, -0.15) is 5.26 Å². The minimum absolute atomic E-state index is 0.0436. The fraction of sp³-hybridized carbons (Fsp3) is 0.310. The molecule has 38 heavy (non-hydrogen) atoms. The number of ether oxygens (including phenoxy) is 3. The number of rotatable bonds is 6. The van der Waals surface area contributed by atoms with Crippen LogP contribution in [-0.2, 0) is 4.74 Å². The zero-order chi connectivity index (χ0) is 27.1. The third kappa shape index (κ3) is 6.17. The number of hydrogen-bond donors (Lipinski definition) is 0. The molecule has 0 radical (unpaired) electrons. The normalized spacial score (nSPS) is 13.5. The van der Waals surface area contributed by atoms with Gasteiger partial charge >= 0.3 is 0 Å². The molecule has 1 saturated heterocycles. The Morgan fingerprint density at radius 2 is 1.84 bits per heavy atom. The third-order valence-corrected chi connectivity index (χ3v) is 5.78. The van der Waals surface area contributed by atoms with Crippen LogP contribution in [0.15, 0.2) is 53.2 Å². The van der Waals surface area contributed by atoms with Crippen LogP contribution in [0.3, 0.4) is 0 Å². The van der Waals surface area contributed by atoms with E-state index in [-0.39, 0.29) is 6.10 Å². The van der Waals surface area contributed by atoms with Crippen LogP contribution < -0.4 is 9.47 Å². The van der Waals surface area contributed by atoms with E-state index in [0.717, 1.165) is 24.0 Å². The van der Waals surface area contributed by atoms with Gasteiger partial charge in [-0.05, 0) is 44.9 Å². The second-order valence-electron chi connectivity index (χ2n) is 9.21. The van der Waals surface area contributed by atoms with Gasteiger partial charge in [0.1, 0.15) is 34.9 Å². The van der Waals surface area contributed by atoms with Gasteiger partial charge in [0, 0.05) is 42.9 Å². The van der Waals surface area contributed by atoms with E-state index in [1.165, 1.54) is 13.3 Å². The second-order valence-corrected chi connectivity index (χ2v) is 9.21. The van der Waals surface area contributed by atoms with Crippen molar-refractivity contribution in [1.82, 2.24) is 14.9 Å². The van der Waals surface area contributed by atoms with Gasteiger partial charge in [0.2, 0.25) is 0 Å². The van der Waals surface area contributed by atoms with E-state index in [1.807, 2.05) is 44.2 Å². The van der Waals surface area contributed by atoms with Crippen molar-refractivity contribution in [2.75, 3.05) is 41.5 Å². The summed E-state index contributed by atoms with van der Waals surface area (Å²) in [6.07, 6.45) is 5.48. The van der Waals surface area contributed by atoms with Gasteiger partial charge in [-0.25, -0.2) is 0 Å². The lowest BCUT2D eigenvalue weighted by Crippen LogP contribution is -2.26. The first-order valence-electron chi connectivity index (χ1n) is 12.2. The van der Waals surface area contributed by atoms with E-state index in [1.54, 1.807) is 24.4 Å². The van der Waals surface area contributed by atoms with Crippen molar-refractivity contribution >= 4 is 17.4 Å². The van der Waals surface area contributed by atoms with Crippen molar-refractivity contribution in [3.8, 4) is 40.1 Å². The molecule has 0 N–H and O–H groups in total. The summed E-state index contributed by atoms with van der Waals surface area (Å²) in [6, 6.07) is 13.1. The molecular formula is C29H30N4O5. The maximum absolute atomic E-state index is 11.2. The summed E-state index contributed by atoms with van der Waals surface area (Å²) in [5, 5.41) is 9.74. The smallest absolute Gasteiger partial charge is 0.161 e. The van der Waals surface area contributed by atoms with E-state index in [9.17, 15) is 10.1 Å². The fourth-order valence-electron chi connectivity index (χ4n) is 4.00. The number of furan rings is 1. The Hall–Kier alpha value is -4.26. The quantitative estimate of drug-likeness (QED) is 0.329. The Bertz CT molecular complexity index is 1450. The number of carbonyl (C=O) groups excluding carboxylic acids is 1. The number of pyridine rings is 2. The number of benzene rings is 1. The molecule has 1 fully saturated rings. The molecule has 0 amide bonds. The highest BCUT2D eigenvalue weighted by molar-refractivity contribution is 5.92. The monoisotopic (exact) mass is 514 g/mol. The minimum atomic E-state index is 0.0436. The van der Waals surface area contributed by atoms with Gasteiger partial charge in [-0.3, -0.25) is 14.8 Å². The Labute approximate surface area is 221 Å². The van der Waals surface area contributed by atoms with Crippen molar-refractivity contribution in [3.63, 3.8) is 0 Å². The number of fused-ring (bicyclic) bond motifs is 1. The summed E-state index contributed by atoms with van der Waals surface area (Å²) in [6.45, 7) is 1.33. The third-order valence-electron chi connectivity index (χ3n) is 5.78. The average molecular weight is 515 g/mol. The largest absolute Gasteiger partial charge is 0.496 e. The van der Waals surface area contributed by atoms with Crippen LogP contribution in [-0.4, -0.2) is 68.7 Å². The molecule has 3 aromatic heterocycles. The number of nitriles is 1. The van der Waals surface area contributed by atoms with Crippen molar-refractivity contribution in [3.05, 3.63) is 59.9 Å². The number of hydrogen-bond acceptors (Lipinski definition) is 9. The van der Waals surface area contributed by atoms with Crippen LogP contribution in [0.2, 0.25) is 0 Å². The number of aldehydes is 1. The first-order valence-corrected chi connectivity index (χ1v) is 12.2. The molecule has 0 bridgehead atoms. The van der Waals surface area contributed by atoms with Gasteiger partial charge in [-0.1, -0.05) is 6.07 Å². The molecule has 5 rings (SSSR count). The van der Waals surface area contributed by atoms with Gasteiger partial charge in [0.15, 0.2) is 17.6 Å². The van der Waals surface area contributed by atoms with Gasteiger partial charge in [0.25, 0.3) is 0 Å². The van der Waals surface area contributed by atoms with Crippen LogP contribution in [0.25, 0.3) is 33.7 Å². The second kappa shape index (κ2) is 12.3. The van der Waals surface area contributed by atoms with Crippen molar-refractivity contribution in [1.29, 1.82) is 5.26 Å². The maximum Gasteiger partial charge on any atom is 0.161 e. The van der Waals surface area contributed by atoms with E-state index < -0.39 is 0 Å². The van der Waals surface area contributed by atoms with Crippen LogP contribution >= 0.6 is 0 Å². The first-order chi connectivity index (χ1) is 18.4. The molecule has 0 atom stereocenters. The topological polar surface area (TPSA) is 111 Å². The number of aromatic nitrogens is 2. The molecule has 4 heterocycles. The van der Waals surface area contributed by atoms with E-state index in [0.29, 0.717) is 64.7 Å². The molecule has 9 nitrogen and oxygen atoms in total. The van der Waals surface area contributed by atoms with Gasteiger partial charge in [0.05, 0.1) is 31.5 Å². The lowest BCUT2D eigenvalue weighted by atomic mass is 10.0. The number of carbonyl (C=O) groups is 1. The van der Waals surface area contributed by atoms with E-state index in [2.05, 4.69) is 16.0 Å². The highest BCUT2D eigenvalue weighted by Crippen LogP contribution is 2.36. The van der Waals surface area contributed by atoms with Crippen molar-refractivity contribution in [2.24, 2.45) is 0 Å². The summed E-state index contributed by atoms with van der Waals surface area (Å²) in [4.78, 5) is 21.9. The lowest BCUT2D eigenvalue weighted by Gasteiger charge is -2.23. The molecule has 196 valence electrons. The van der Waals surface area contributed by atoms with Crippen molar-refractivity contribution in [2.45, 2.75) is 18.9 Å². The number of nitrogens with zero attached hydrogens (tertiary/aromatic N) is 4. The molecule has 1 aromatic carbocycles. The summed E-state index contributed by atoms with van der Waals surface area (Å²) in [5.74, 6) is 1.47. The Morgan fingerprint density at radius 3 is 2.53 bits per heavy atom. The van der Waals surface area contributed by atoms with Gasteiger partial charge in [-0.15, -0.1) is 0 Å². The maximum atomic E-state index is 11.2. The summed E-state index contributed by atoms with van der Waals surface area (Å²) < 4.78 is 22.9. The highest BCUT2D eigenvalue weighted by atomic mass is 16.5. The Kier molecular flexibility index (Phi) is 8.69. The molecule has 4 aromatic rings. The standard InChI is InChI=1S/C26H21N3O5.C3H9N/c1-31-24-11-21(29-14-18(24)15-30)25-12-22-26(34-25)20(4-7-28-22)16-2-3-23(17(10-16)13-27)33-19-5-8-32-9-6-19;1-4(2)3/h2-4,7,10-12,14-15,19H,5-6,8-9H2,1H3;1-3H3. The van der Waals surface area contributed by atoms with E-state index in [4.69, 9.17) is 18.6 Å². The predicted molar refractivity (Wildman–Crippen MR) is 143 cm³/mol. The Morgan fingerprint density at radius 1 is 1.08 bits per heavy atom. The minimum Gasteiger partial charge on any atom is -0.496 e. The van der Waals surface area contributed by atoms with E-state index >= 15 is 0 Å². The summed E-state index contributed by atoms with van der Waals surface area (Å²) in [7, 11) is 7.49. The van der Waals surface area contributed by atoms with Crippen LogP contribution in [0.4, 0.5) is 0 Å². The molecule has 0 saturated carbocycles. The Balaban J connectivity index is 0.000000786. The van der Waals surface area contributed by atoms with Gasteiger partial charge < -0.3 is 23.5 Å². The fourth-order valence-corrected chi connectivity index (χ4v) is 4.00. The number of methoxy groups -OCH3 is 1. The van der Waals surface area contributed by atoms with Crippen LogP contribution in [0, 0.1) is 11.3 Å². The van der Waals surface area contributed by atoms with Crippen LogP contribution in [0.1, 0.15) is 28.8 Å². The molecule has 0 unspecified atom stereocenters.